The van der Waals surface area contributed by atoms with Gasteiger partial charge in [-0.2, -0.15) is 0 Å². The van der Waals surface area contributed by atoms with Crippen LogP contribution in [0.25, 0.3) is 11.0 Å². The number of para-hydroxylation sites is 1. The van der Waals surface area contributed by atoms with E-state index in [0.717, 1.165) is 35.3 Å². The molecule has 0 bridgehead atoms. The molecule has 4 heteroatoms. The molecule has 1 unspecified atom stereocenters. The number of amides is 2. The Hall–Kier alpha value is -2.75. The van der Waals surface area contributed by atoms with Gasteiger partial charge in [0.25, 0.3) is 0 Å². The van der Waals surface area contributed by atoms with Gasteiger partial charge in [0.2, 0.25) is 0 Å². The SMILES string of the molecule is CC(NC(=O)Nc1ccc2c(c1)CCC2)c1cc2ccccc2o1. The second-order valence-corrected chi connectivity index (χ2v) is 6.34. The number of carbonyl (C=O) groups excluding carboxylic acids is 1. The number of anilines is 1. The van der Waals surface area contributed by atoms with E-state index in [1.165, 1.54) is 17.5 Å². The van der Waals surface area contributed by atoms with Crippen LogP contribution < -0.4 is 10.6 Å². The molecular weight excluding hydrogens is 300 g/mol. The van der Waals surface area contributed by atoms with E-state index < -0.39 is 0 Å². The number of carbonyl (C=O) groups is 1. The summed E-state index contributed by atoms with van der Waals surface area (Å²) in [4.78, 5) is 12.2. The van der Waals surface area contributed by atoms with E-state index in [1.807, 2.05) is 43.3 Å². The van der Waals surface area contributed by atoms with Gasteiger partial charge < -0.3 is 15.1 Å². The van der Waals surface area contributed by atoms with E-state index >= 15 is 0 Å². The summed E-state index contributed by atoms with van der Waals surface area (Å²) in [6.45, 7) is 1.92. The largest absolute Gasteiger partial charge is 0.459 e. The highest BCUT2D eigenvalue weighted by atomic mass is 16.3. The van der Waals surface area contributed by atoms with E-state index in [-0.39, 0.29) is 12.1 Å². The molecule has 4 nitrogen and oxygen atoms in total. The van der Waals surface area contributed by atoms with Crippen LogP contribution in [0.1, 0.15) is 36.3 Å². The van der Waals surface area contributed by atoms with Crippen molar-refractivity contribution in [2.75, 3.05) is 5.32 Å². The Morgan fingerprint density at radius 1 is 1.08 bits per heavy atom. The molecule has 2 aromatic carbocycles. The molecule has 0 fully saturated rings. The van der Waals surface area contributed by atoms with Gasteiger partial charge in [-0.1, -0.05) is 24.3 Å². The maximum atomic E-state index is 12.2. The smallest absolute Gasteiger partial charge is 0.319 e. The molecule has 1 aromatic heterocycles. The quantitative estimate of drug-likeness (QED) is 0.728. The molecule has 0 aliphatic heterocycles. The lowest BCUT2D eigenvalue weighted by Gasteiger charge is -2.13. The molecule has 24 heavy (non-hydrogen) atoms. The molecule has 2 N–H and O–H groups in total. The monoisotopic (exact) mass is 320 g/mol. The lowest BCUT2D eigenvalue weighted by atomic mass is 10.1. The Morgan fingerprint density at radius 3 is 2.79 bits per heavy atom. The summed E-state index contributed by atoms with van der Waals surface area (Å²) >= 11 is 0. The van der Waals surface area contributed by atoms with E-state index in [1.54, 1.807) is 0 Å². The fourth-order valence-corrected chi connectivity index (χ4v) is 3.30. The zero-order valence-corrected chi connectivity index (χ0v) is 13.6. The van der Waals surface area contributed by atoms with Crippen LogP contribution in [0.15, 0.2) is 52.9 Å². The van der Waals surface area contributed by atoms with Gasteiger partial charge in [-0.25, -0.2) is 4.79 Å². The van der Waals surface area contributed by atoms with Gasteiger partial charge in [0, 0.05) is 11.1 Å². The average Bonchev–Trinajstić information content (AvgIpc) is 3.20. The number of nitrogens with one attached hydrogen (secondary N) is 2. The number of rotatable bonds is 3. The van der Waals surface area contributed by atoms with Gasteiger partial charge >= 0.3 is 6.03 Å². The maximum Gasteiger partial charge on any atom is 0.319 e. The normalized spacial score (nSPS) is 14.4. The second kappa shape index (κ2) is 6.04. The lowest BCUT2D eigenvalue weighted by Crippen LogP contribution is -2.31. The molecule has 0 saturated carbocycles. The third kappa shape index (κ3) is 2.87. The second-order valence-electron chi connectivity index (χ2n) is 6.34. The van der Waals surface area contributed by atoms with Crippen molar-refractivity contribution in [2.24, 2.45) is 0 Å². The number of benzene rings is 2. The van der Waals surface area contributed by atoms with Crippen LogP contribution in [0.5, 0.6) is 0 Å². The molecular formula is C20H20N2O2. The number of fused-ring (bicyclic) bond motifs is 2. The number of urea groups is 1. The van der Waals surface area contributed by atoms with Crippen LogP contribution >= 0.6 is 0 Å². The molecule has 4 rings (SSSR count). The van der Waals surface area contributed by atoms with Crippen molar-refractivity contribution >= 4 is 22.7 Å². The predicted octanol–water partition coefficient (Wildman–Crippen LogP) is 4.80. The highest BCUT2D eigenvalue weighted by Crippen LogP contribution is 2.26. The van der Waals surface area contributed by atoms with Crippen molar-refractivity contribution in [3.05, 3.63) is 65.4 Å². The molecule has 1 heterocycles. The van der Waals surface area contributed by atoms with E-state index in [2.05, 4.69) is 22.8 Å². The molecule has 1 atom stereocenters. The van der Waals surface area contributed by atoms with Crippen LogP contribution in [0.4, 0.5) is 10.5 Å². The Labute approximate surface area is 140 Å². The molecule has 0 saturated heterocycles. The summed E-state index contributed by atoms with van der Waals surface area (Å²) in [5.74, 6) is 0.750. The maximum absolute atomic E-state index is 12.2. The number of aryl methyl sites for hydroxylation is 2. The summed E-state index contributed by atoms with van der Waals surface area (Å²) < 4.78 is 5.80. The molecule has 122 valence electrons. The zero-order valence-electron chi connectivity index (χ0n) is 13.6. The van der Waals surface area contributed by atoms with Crippen molar-refractivity contribution in [1.29, 1.82) is 0 Å². The van der Waals surface area contributed by atoms with Gasteiger partial charge in [-0.3, -0.25) is 0 Å². The Morgan fingerprint density at radius 2 is 1.92 bits per heavy atom. The Kier molecular flexibility index (Phi) is 3.73. The topological polar surface area (TPSA) is 54.3 Å². The Balaban J connectivity index is 1.43. The predicted molar refractivity (Wildman–Crippen MR) is 95.3 cm³/mol. The van der Waals surface area contributed by atoms with E-state index in [4.69, 9.17) is 4.42 Å². The van der Waals surface area contributed by atoms with Crippen molar-refractivity contribution in [2.45, 2.75) is 32.2 Å². The van der Waals surface area contributed by atoms with Crippen LogP contribution in [0.2, 0.25) is 0 Å². The molecule has 1 aliphatic carbocycles. The highest BCUT2D eigenvalue weighted by Gasteiger charge is 2.15. The van der Waals surface area contributed by atoms with Crippen LogP contribution in [-0.4, -0.2) is 6.03 Å². The van der Waals surface area contributed by atoms with Crippen LogP contribution in [0, 0.1) is 0 Å². The van der Waals surface area contributed by atoms with Gasteiger partial charge in [0.15, 0.2) is 0 Å². The van der Waals surface area contributed by atoms with Gasteiger partial charge in [0.05, 0.1) is 6.04 Å². The zero-order chi connectivity index (χ0) is 16.5. The molecule has 0 radical (unpaired) electrons. The van der Waals surface area contributed by atoms with Gasteiger partial charge in [-0.05, 0) is 61.6 Å². The summed E-state index contributed by atoms with van der Waals surface area (Å²) in [7, 11) is 0. The lowest BCUT2D eigenvalue weighted by molar-refractivity contribution is 0.248. The van der Waals surface area contributed by atoms with Crippen molar-refractivity contribution in [1.82, 2.24) is 5.32 Å². The average molecular weight is 320 g/mol. The first kappa shape index (κ1) is 14.8. The van der Waals surface area contributed by atoms with Crippen LogP contribution in [-0.2, 0) is 12.8 Å². The number of furan rings is 1. The summed E-state index contributed by atoms with van der Waals surface area (Å²) in [5.41, 5.74) is 4.42. The molecule has 3 aromatic rings. The van der Waals surface area contributed by atoms with Crippen LogP contribution in [0.3, 0.4) is 0 Å². The highest BCUT2D eigenvalue weighted by molar-refractivity contribution is 5.89. The third-order valence-corrected chi connectivity index (χ3v) is 4.58. The minimum atomic E-state index is -0.221. The minimum absolute atomic E-state index is 0.202. The molecule has 0 spiro atoms. The molecule has 1 aliphatic rings. The third-order valence-electron chi connectivity index (χ3n) is 4.58. The summed E-state index contributed by atoms with van der Waals surface area (Å²) in [6.07, 6.45) is 3.45. The van der Waals surface area contributed by atoms with E-state index in [0.29, 0.717) is 0 Å². The fourth-order valence-electron chi connectivity index (χ4n) is 3.30. The van der Waals surface area contributed by atoms with Crippen molar-refractivity contribution in [3.8, 4) is 0 Å². The molecule has 2 amide bonds. The first-order valence-corrected chi connectivity index (χ1v) is 8.37. The standard InChI is InChI=1S/C20H20N2O2/c1-13(19-12-16-5-2-3-8-18(16)24-19)21-20(23)22-17-10-9-14-6-4-7-15(14)11-17/h2-3,5,8-13H,4,6-7H2,1H3,(H2,21,22,23). The minimum Gasteiger partial charge on any atom is -0.459 e. The first-order valence-electron chi connectivity index (χ1n) is 8.37. The van der Waals surface area contributed by atoms with E-state index in [9.17, 15) is 4.79 Å². The summed E-state index contributed by atoms with van der Waals surface area (Å²) in [6, 6.07) is 15.5. The van der Waals surface area contributed by atoms with Gasteiger partial charge in [0.1, 0.15) is 11.3 Å². The van der Waals surface area contributed by atoms with Crippen molar-refractivity contribution < 1.29 is 9.21 Å². The van der Waals surface area contributed by atoms with Crippen molar-refractivity contribution in [3.63, 3.8) is 0 Å². The number of hydrogen-bond acceptors (Lipinski definition) is 2. The summed E-state index contributed by atoms with van der Waals surface area (Å²) in [5, 5.41) is 6.89. The fraction of sp³-hybridized carbons (Fsp3) is 0.250. The Bertz CT molecular complexity index is 865. The van der Waals surface area contributed by atoms with Gasteiger partial charge in [-0.15, -0.1) is 0 Å². The number of hydrogen-bond donors (Lipinski definition) is 2. The first-order chi connectivity index (χ1) is 11.7.